The van der Waals surface area contributed by atoms with Crippen molar-refractivity contribution < 1.29 is 28.1 Å². The van der Waals surface area contributed by atoms with Crippen molar-refractivity contribution in [3.05, 3.63) is 53.3 Å². The van der Waals surface area contributed by atoms with Crippen LogP contribution < -0.4 is 14.8 Å². The lowest BCUT2D eigenvalue weighted by Crippen LogP contribution is -2.19. The Labute approximate surface area is 190 Å². The Bertz CT molecular complexity index is 1140. The predicted octanol–water partition coefficient (Wildman–Crippen LogP) is 4.37. The van der Waals surface area contributed by atoms with Crippen LogP contribution in [-0.2, 0) is 10.7 Å². The summed E-state index contributed by atoms with van der Waals surface area (Å²) in [6, 6.07) is 9.30. The van der Waals surface area contributed by atoms with E-state index in [1.54, 1.807) is 19.1 Å². The van der Waals surface area contributed by atoms with Crippen LogP contribution in [0.15, 0.2) is 36.4 Å². The number of aliphatic hydroxyl groups is 1. The molecule has 0 spiro atoms. The van der Waals surface area contributed by atoms with Crippen LogP contribution in [-0.4, -0.2) is 47.6 Å². The number of aryl methyl sites for hydroxylation is 1. The van der Waals surface area contributed by atoms with Crippen LogP contribution in [0.1, 0.15) is 36.8 Å². The van der Waals surface area contributed by atoms with Crippen molar-refractivity contribution in [2.75, 3.05) is 31.7 Å². The van der Waals surface area contributed by atoms with Crippen LogP contribution in [0.2, 0.25) is 0 Å². The second-order valence-corrected chi connectivity index (χ2v) is 8.14. The van der Waals surface area contributed by atoms with E-state index in [2.05, 4.69) is 15.3 Å². The molecule has 33 heavy (non-hydrogen) atoms. The van der Waals surface area contributed by atoms with Crippen molar-refractivity contribution in [1.29, 1.82) is 0 Å². The number of aliphatic hydroxyl groups excluding tert-OH is 1. The van der Waals surface area contributed by atoms with E-state index in [0.717, 1.165) is 5.39 Å². The van der Waals surface area contributed by atoms with E-state index >= 15 is 0 Å². The molecule has 0 saturated carbocycles. The molecule has 2 aromatic carbocycles. The zero-order chi connectivity index (χ0) is 23.6. The third-order valence-electron chi connectivity index (χ3n) is 5.40. The number of ether oxygens (including phenoxy) is 3. The van der Waals surface area contributed by atoms with Gasteiger partial charge in [-0.2, -0.15) is 8.78 Å². The third kappa shape index (κ3) is 5.15. The SMILES string of the molecule is Cc1nc(NC(C)c2cccc(C(F)(F)CO)c2)c2cc3c(cc2n1)OCCOC[C@H](C)O3. The second-order valence-electron chi connectivity index (χ2n) is 8.14. The van der Waals surface area contributed by atoms with Gasteiger partial charge in [0.1, 0.15) is 31.0 Å². The van der Waals surface area contributed by atoms with Gasteiger partial charge in [0.2, 0.25) is 0 Å². The summed E-state index contributed by atoms with van der Waals surface area (Å²) < 4.78 is 45.3. The highest BCUT2D eigenvalue weighted by Crippen LogP contribution is 2.37. The molecule has 1 unspecified atom stereocenters. The lowest BCUT2D eigenvalue weighted by molar-refractivity contribution is -0.0556. The van der Waals surface area contributed by atoms with Gasteiger partial charge in [-0.05, 0) is 38.5 Å². The molecule has 1 aliphatic rings. The number of halogens is 2. The van der Waals surface area contributed by atoms with Crippen molar-refractivity contribution in [2.24, 2.45) is 0 Å². The zero-order valence-electron chi connectivity index (χ0n) is 18.8. The Hall–Kier alpha value is -3.04. The Morgan fingerprint density at radius 2 is 2.00 bits per heavy atom. The molecule has 2 atom stereocenters. The van der Waals surface area contributed by atoms with E-state index in [-0.39, 0.29) is 17.7 Å². The van der Waals surface area contributed by atoms with E-state index in [9.17, 15) is 8.78 Å². The Morgan fingerprint density at radius 3 is 2.79 bits per heavy atom. The van der Waals surface area contributed by atoms with Gasteiger partial charge in [0.05, 0.1) is 18.7 Å². The number of anilines is 1. The fraction of sp³-hybridized carbons (Fsp3) is 0.417. The highest BCUT2D eigenvalue weighted by Gasteiger charge is 2.30. The number of rotatable bonds is 5. The molecule has 3 aromatic rings. The molecule has 0 bridgehead atoms. The number of alkyl halides is 2. The fourth-order valence-corrected chi connectivity index (χ4v) is 3.69. The van der Waals surface area contributed by atoms with Crippen LogP contribution in [0.5, 0.6) is 11.5 Å². The van der Waals surface area contributed by atoms with Gasteiger partial charge in [-0.3, -0.25) is 0 Å². The molecular weight excluding hydrogens is 432 g/mol. The molecule has 0 saturated heterocycles. The van der Waals surface area contributed by atoms with E-state index in [4.69, 9.17) is 19.3 Å². The van der Waals surface area contributed by atoms with Gasteiger partial charge in [-0.1, -0.05) is 18.2 Å². The van der Waals surface area contributed by atoms with Crippen molar-refractivity contribution >= 4 is 16.7 Å². The summed E-state index contributed by atoms with van der Waals surface area (Å²) in [6.07, 6.45) is -0.166. The highest BCUT2D eigenvalue weighted by molar-refractivity contribution is 5.92. The Balaban J connectivity index is 1.70. The molecule has 0 radical (unpaired) electrons. The van der Waals surface area contributed by atoms with Gasteiger partial charge in [0, 0.05) is 23.1 Å². The molecule has 4 rings (SSSR count). The molecule has 9 heteroatoms. The molecule has 2 heterocycles. The first-order valence-electron chi connectivity index (χ1n) is 10.8. The van der Waals surface area contributed by atoms with Gasteiger partial charge in [-0.25, -0.2) is 9.97 Å². The smallest absolute Gasteiger partial charge is 0.295 e. The monoisotopic (exact) mass is 459 g/mol. The standard InChI is InChI=1S/C24H27F2N3O4/c1-14-12-31-7-8-32-21-11-20-19(10-22(21)33-14)23(29-16(3)28-20)27-15(2)17-5-4-6-18(9-17)24(25,26)13-30/h4-6,9-11,14-15,30H,7-8,12-13H2,1-3H3,(H,27,28,29)/t14-,15?/m0/s1. The van der Waals surface area contributed by atoms with E-state index in [0.29, 0.717) is 54.0 Å². The average molecular weight is 459 g/mol. The summed E-state index contributed by atoms with van der Waals surface area (Å²) in [6.45, 7) is 5.62. The highest BCUT2D eigenvalue weighted by atomic mass is 19.3. The molecule has 2 N–H and O–H groups in total. The topological polar surface area (TPSA) is 85.7 Å². The summed E-state index contributed by atoms with van der Waals surface area (Å²) in [7, 11) is 0. The van der Waals surface area contributed by atoms with Crippen LogP contribution in [0.4, 0.5) is 14.6 Å². The number of hydrogen-bond acceptors (Lipinski definition) is 7. The maximum atomic E-state index is 14.0. The molecule has 1 aliphatic heterocycles. The maximum Gasteiger partial charge on any atom is 0.295 e. The number of fused-ring (bicyclic) bond motifs is 2. The number of benzene rings is 2. The normalized spacial score (nSPS) is 17.7. The van der Waals surface area contributed by atoms with Gasteiger partial charge in [0.15, 0.2) is 11.5 Å². The summed E-state index contributed by atoms with van der Waals surface area (Å²) in [5, 5.41) is 13.1. The Morgan fingerprint density at radius 1 is 1.18 bits per heavy atom. The maximum absolute atomic E-state index is 14.0. The molecule has 0 fully saturated rings. The third-order valence-corrected chi connectivity index (χ3v) is 5.40. The van der Waals surface area contributed by atoms with Gasteiger partial charge < -0.3 is 24.6 Å². The number of aromatic nitrogens is 2. The van der Waals surface area contributed by atoms with Crippen LogP contribution >= 0.6 is 0 Å². The van der Waals surface area contributed by atoms with Crippen molar-refractivity contribution in [3.63, 3.8) is 0 Å². The molecule has 7 nitrogen and oxygen atoms in total. The summed E-state index contributed by atoms with van der Waals surface area (Å²) in [5.41, 5.74) is 1.07. The second kappa shape index (κ2) is 9.44. The summed E-state index contributed by atoms with van der Waals surface area (Å²) in [4.78, 5) is 9.08. The van der Waals surface area contributed by atoms with Gasteiger partial charge in [-0.15, -0.1) is 0 Å². The van der Waals surface area contributed by atoms with Crippen molar-refractivity contribution in [3.8, 4) is 11.5 Å². The minimum atomic E-state index is -3.30. The number of nitrogens with zero attached hydrogens (tertiary/aromatic N) is 2. The fourth-order valence-electron chi connectivity index (χ4n) is 3.69. The first kappa shape index (κ1) is 23.1. The van der Waals surface area contributed by atoms with Crippen LogP contribution in [0.3, 0.4) is 0 Å². The molecule has 176 valence electrons. The molecular formula is C24H27F2N3O4. The number of hydrogen-bond donors (Lipinski definition) is 2. The quantitative estimate of drug-likeness (QED) is 0.586. The molecule has 0 aliphatic carbocycles. The van der Waals surface area contributed by atoms with Crippen molar-refractivity contribution in [2.45, 2.75) is 38.8 Å². The average Bonchev–Trinajstić information content (AvgIpc) is 2.87. The summed E-state index contributed by atoms with van der Waals surface area (Å²) in [5.74, 6) is -1.05. The van der Waals surface area contributed by atoms with Crippen LogP contribution in [0.25, 0.3) is 10.9 Å². The number of nitrogens with one attached hydrogen (secondary N) is 1. The van der Waals surface area contributed by atoms with E-state index in [1.165, 1.54) is 12.1 Å². The minimum Gasteiger partial charge on any atom is -0.487 e. The van der Waals surface area contributed by atoms with Gasteiger partial charge in [0.25, 0.3) is 5.92 Å². The summed E-state index contributed by atoms with van der Waals surface area (Å²) >= 11 is 0. The zero-order valence-corrected chi connectivity index (χ0v) is 18.8. The van der Waals surface area contributed by atoms with Gasteiger partial charge >= 0.3 is 0 Å². The molecule has 1 aromatic heterocycles. The first-order chi connectivity index (χ1) is 15.8. The van der Waals surface area contributed by atoms with E-state index < -0.39 is 12.5 Å². The largest absolute Gasteiger partial charge is 0.487 e. The minimum absolute atomic E-state index is 0.166. The Kier molecular flexibility index (Phi) is 6.62. The van der Waals surface area contributed by atoms with Crippen molar-refractivity contribution in [1.82, 2.24) is 9.97 Å². The molecule has 0 amide bonds. The predicted molar refractivity (Wildman–Crippen MR) is 120 cm³/mol. The van der Waals surface area contributed by atoms with E-state index in [1.807, 2.05) is 26.0 Å². The van der Waals surface area contributed by atoms with Crippen LogP contribution in [0, 0.1) is 6.92 Å². The first-order valence-corrected chi connectivity index (χ1v) is 10.8. The lowest BCUT2D eigenvalue weighted by atomic mass is 10.0. The lowest BCUT2D eigenvalue weighted by Gasteiger charge is -2.20.